The van der Waals surface area contributed by atoms with Gasteiger partial charge in [0, 0.05) is 6.54 Å². The monoisotopic (exact) mass is 561 g/mol. The van der Waals surface area contributed by atoms with Crippen LogP contribution in [0, 0.1) is 0 Å². The maximum absolute atomic E-state index is 11.8. The molecule has 230 valence electrons. The highest BCUT2D eigenvalue weighted by Crippen LogP contribution is 1.87. The van der Waals surface area contributed by atoms with Crippen LogP contribution in [0.3, 0.4) is 0 Å². The SMILES string of the molecule is CNCCOCCOCCOCCOCCOCCOCCOCCOCCOCCOCCOCCF. The summed E-state index contributed by atoms with van der Waals surface area (Å²) >= 11 is 0. The first-order valence-corrected chi connectivity index (χ1v) is 13.5. The van der Waals surface area contributed by atoms with E-state index >= 15 is 0 Å². The van der Waals surface area contributed by atoms with Gasteiger partial charge >= 0.3 is 0 Å². The molecule has 0 spiro atoms. The Morgan fingerprint density at radius 1 is 0.316 bits per heavy atom. The van der Waals surface area contributed by atoms with Crippen molar-refractivity contribution in [2.24, 2.45) is 0 Å². The van der Waals surface area contributed by atoms with Crippen LogP contribution >= 0.6 is 0 Å². The lowest BCUT2D eigenvalue weighted by molar-refractivity contribution is -0.0275. The van der Waals surface area contributed by atoms with Crippen molar-refractivity contribution in [2.45, 2.75) is 0 Å². The molecule has 0 atom stereocenters. The van der Waals surface area contributed by atoms with Crippen LogP contribution in [0.4, 0.5) is 4.39 Å². The second kappa shape index (κ2) is 36.5. The number of rotatable bonds is 35. The summed E-state index contributed by atoms with van der Waals surface area (Å²) in [7, 11) is 1.89. The first-order valence-electron chi connectivity index (χ1n) is 13.5. The average molecular weight is 562 g/mol. The van der Waals surface area contributed by atoms with Crippen LogP contribution in [0.2, 0.25) is 0 Å². The maximum atomic E-state index is 11.8. The first-order chi connectivity index (χ1) is 18.9. The van der Waals surface area contributed by atoms with Gasteiger partial charge in [-0.25, -0.2) is 4.39 Å². The average Bonchev–Trinajstić information content (AvgIpc) is 2.93. The topological polar surface area (TPSA) is 114 Å². The summed E-state index contributed by atoms with van der Waals surface area (Å²) in [6.07, 6.45) is 0. The third-order valence-corrected chi connectivity index (χ3v) is 4.44. The van der Waals surface area contributed by atoms with Crippen molar-refractivity contribution in [3.63, 3.8) is 0 Å². The molecular weight excluding hydrogens is 509 g/mol. The molecule has 0 rings (SSSR count). The zero-order valence-electron chi connectivity index (χ0n) is 23.3. The Morgan fingerprint density at radius 3 is 0.684 bits per heavy atom. The second-order valence-electron chi connectivity index (χ2n) is 7.53. The van der Waals surface area contributed by atoms with Gasteiger partial charge in [-0.1, -0.05) is 0 Å². The largest absolute Gasteiger partial charge is 0.378 e. The Labute approximate surface area is 227 Å². The van der Waals surface area contributed by atoms with Crippen LogP contribution in [0.15, 0.2) is 0 Å². The zero-order chi connectivity index (χ0) is 27.5. The van der Waals surface area contributed by atoms with Crippen molar-refractivity contribution in [1.29, 1.82) is 0 Å². The smallest absolute Gasteiger partial charge is 0.113 e. The van der Waals surface area contributed by atoms with Crippen molar-refractivity contribution in [3.8, 4) is 0 Å². The molecule has 0 aromatic heterocycles. The summed E-state index contributed by atoms with van der Waals surface area (Å²) in [5.74, 6) is 0. The molecule has 0 heterocycles. The molecule has 0 aliphatic heterocycles. The van der Waals surface area contributed by atoms with Gasteiger partial charge in [-0.15, -0.1) is 0 Å². The highest BCUT2D eigenvalue weighted by molar-refractivity contribution is 4.39. The van der Waals surface area contributed by atoms with E-state index in [2.05, 4.69) is 5.32 Å². The Hall–Kier alpha value is -0.550. The fourth-order valence-electron chi connectivity index (χ4n) is 2.53. The van der Waals surface area contributed by atoms with E-state index in [0.29, 0.717) is 139 Å². The number of alkyl halides is 1. The fraction of sp³-hybridized carbons (Fsp3) is 1.00. The molecule has 0 fully saturated rings. The van der Waals surface area contributed by atoms with Gasteiger partial charge in [-0.05, 0) is 7.05 Å². The third kappa shape index (κ3) is 35.5. The van der Waals surface area contributed by atoms with Crippen LogP contribution in [-0.4, -0.2) is 166 Å². The lowest BCUT2D eigenvalue weighted by atomic mass is 10.6. The predicted octanol–water partition coefficient (Wildman–Crippen LogP) is 0.358. The quantitative estimate of drug-likeness (QED) is 0.108. The summed E-state index contributed by atoms with van der Waals surface area (Å²) in [5.41, 5.74) is 0. The Kier molecular flexibility index (Phi) is 35.9. The molecule has 38 heavy (non-hydrogen) atoms. The molecule has 0 aromatic carbocycles. The number of likely N-dealkylation sites (N-methyl/N-ethyl adjacent to an activating group) is 1. The predicted molar refractivity (Wildman–Crippen MR) is 139 cm³/mol. The molecule has 0 aromatic rings. The van der Waals surface area contributed by atoms with Gasteiger partial charge in [-0.2, -0.15) is 0 Å². The van der Waals surface area contributed by atoms with E-state index in [9.17, 15) is 4.39 Å². The van der Waals surface area contributed by atoms with Gasteiger partial charge in [0.05, 0.1) is 145 Å². The summed E-state index contributed by atoms with van der Waals surface area (Å²) in [6, 6.07) is 0. The Bertz CT molecular complexity index is 382. The lowest BCUT2D eigenvalue weighted by Gasteiger charge is -2.09. The molecule has 12 nitrogen and oxygen atoms in total. The Balaban J connectivity index is 3.01. The van der Waals surface area contributed by atoms with Crippen molar-refractivity contribution in [2.75, 3.05) is 166 Å². The summed E-state index contributed by atoms with van der Waals surface area (Å²) < 4.78 is 70.8. The molecule has 0 unspecified atom stereocenters. The summed E-state index contributed by atoms with van der Waals surface area (Å²) in [6.45, 7) is 11.3. The molecule has 0 saturated carbocycles. The fourth-order valence-corrected chi connectivity index (χ4v) is 2.53. The second-order valence-corrected chi connectivity index (χ2v) is 7.53. The standard InChI is InChI=1S/C25H52FNO11/c1-27-3-5-29-7-9-31-11-13-33-15-17-35-19-21-37-23-25-38-24-22-36-20-18-34-16-14-32-12-10-30-8-6-28-4-2-26/h27H,2-25H2,1H3. The van der Waals surface area contributed by atoms with Crippen molar-refractivity contribution in [1.82, 2.24) is 5.32 Å². The normalized spacial score (nSPS) is 11.5. The molecule has 0 radical (unpaired) electrons. The molecule has 0 aliphatic carbocycles. The highest BCUT2D eigenvalue weighted by Gasteiger charge is 1.96. The van der Waals surface area contributed by atoms with Gasteiger partial charge in [0.15, 0.2) is 0 Å². The summed E-state index contributed by atoms with van der Waals surface area (Å²) in [5, 5.41) is 3.01. The number of halogens is 1. The first kappa shape index (κ1) is 37.5. The number of hydrogen-bond donors (Lipinski definition) is 1. The summed E-state index contributed by atoms with van der Waals surface area (Å²) in [4.78, 5) is 0. The molecule has 1 N–H and O–H groups in total. The number of ether oxygens (including phenoxy) is 11. The van der Waals surface area contributed by atoms with Crippen molar-refractivity contribution in [3.05, 3.63) is 0 Å². The van der Waals surface area contributed by atoms with E-state index in [-0.39, 0.29) is 6.61 Å². The molecule has 13 heteroatoms. The molecule has 0 amide bonds. The van der Waals surface area contributed by atoms with Crippen LogP contribution < -0.4 is 5.32 Å². The molecule has 0 bridgehead atoms. The van der Waals surface area contributed by atoms with Crippen LogP contribution in [-0.2, 0) is 52.1 Å². The van der Waals surface area contributed by atoms with E-state index in [1.165, 1.54) is 0 Å². The number of nitrogens with one attached hydrogen (secondary N) is 1. The van der Waals surface area contributed by atoms with Gasteiger partial charge in [-0.3, -0.25) is 0 Å². The van der Waals surface area contributed by atoms with Crippen molar-refractivity contribution < 1.29 is 56.5 Å². The van der Waals surface area contributed by atoms with Gasteiger partial charge in [0.25, 0.3) is 0 Å². The van der Waals surface area contributed by atoms with E-state index in [1.54, 1.807) is 0 Å². The van der Waals surface area contributed by atoms with E-state index < -0.39 is 6.67 Å². The Morgan fingerprint density at radius 2 is 0.500 bits per heavy atom. The van der Waals surface area contributed by atoms with Crippen LogP contribution in [0.25, 0.3) is 0 Å². The minimum absolute atomic E-state index is 0.116. The van der Waals surface area contributed by atoms with E-state index in [0.717, 1.165) is 6.54 Å². The van der Waals surface area contributed by atoms with E-state index in [1.807, 2.05) is 7.05 Å². The van der Waals surface area contributed by atoms with Gasteiger partial charge < -0.3 is 57.4 Å². The van der Waals surface area contributed by atoms with Crippen LogP contribution in [0.1, 0.15) is 0 Å². The zero-order valence-corrected chi connectivity index (χ0v) is 23.3. The van der Waals surface area contributed by atoms with E-state index in [4.69, 9.17) is 52.1 Å². The highest BCUT2D eigenvalue weighted by atomic mass is 19.1. The molecular formula is C25H52FNO11. The van der Waals surface area contributed by atoms with Gasteiger partial charge in [0.2, 0.25) is 0 Å². The van der Waals surface area contributed by atoms with Gasteiger partial charge in [0.1, 0.15) is 6.67 Å². The van der Waals surface area contributed by atoms with Crippen LogP contribution in [0.5, 0.6) is 0 Å². The molecule has 0 aliphatic rings. The minimum atomic E-state index is -0.472. The third-order valence-electron chi connectivity index (χ3n) is 4.44. The minimum Gasteiger partial charge on any atom is -0.378 e. The maximum Gasteiger partial charge on any atom is 0.113 e. The molecule has 0 saturated heterocycles. The number of hydrogen-bond acceptors (Lipinski definition) is 12. The van der Waals surface area contributed by atoms with Crippen molar-refractivity contribution >= 4 is 0 Å². The lowest BCUT2D eigenvalue weighted by Crippen LogP contribution is -2.17.